The molecule has 1 aliphatic rings. The third-order valence-corrected chi connectivity index (χ3v) is 4.25. The van der Waals surface area contributed by atoms with E-state index in [1.807, 2.05) is 13.8 Å². The number of aliphatic carboxylic acids is 1. The summed E-state index contributed by atoms with van der Waals surface area (Å²) in [4.78, 5) is 38.2. The Morgan fingerprint density at radius 3 is 2.55 bits per heavy atom. The highest BCUT2D eigenvalue weighted by molar-refractivity contribution is 7.99. The number of rotatable bonds is 7. The van der Waals surface area contributed by atoms with Crippen LogP contribution in [0.5, 0.6) is 0 Å². The summed E-state index contributed by atoms with van der Waals surface area (Å²) in [6.07, 6.45) is 1.14. The van der Waals surface area contributed by atoms with Gasteiger partial charge in [-0.1, -0.05) is 6.92 Å². The Labute approximate surface area is 123 Å². The molecule has 6 nitrogen and oxygen atoms in total. The number of carboxylic acids is 1. The maximum absolute atomic E-state index is 12.4. The molecule has 1 rings (SSSR count). The van der Waals surface area contributed by atoms with Crippen molar-refractivity contribution >= 4 is 29.5 Å². The fourth-order valence-electron chi connectivity index (χ4n) is 2.12. The number of carboxylic acid groups (broad SMARTS) is 1. The van der Waals surface area contributed by atoms with Gasteiger partial charge in [0.05, 0.1) is 12.3 Å². The van der Waals surface area contributed by atoms with Gasteiger partial charge in [-0.05, 0) is 13.3 Å². The van der Waals surface area contributed by atoms with E-state index in [-0.39, 0.29) is 24.8 Å². The van der Waals surface area contributed by atoms with Crippen molar-refractivity contribution in [2.75, 3.05) is 24.7 Å². The summed E-state index contributed by atoms with van der Waals surface area (Å²) in [6.45, 7) is 4.41. The number of carbonyl (C=O) groups is 3. The molecule has 2 amide bonds. The number of likely N-dealkylation sites (N-methyl/N-ethyl adjacent to an activating group) is 1. The highest BCUT2D eigenvalue weighted by Crippen LogP contribution is 2.23. The lowest BCUT2D eigenvalue weighted by Crippen LogP contribution is -2.49. The van der Waals surface area contributed by atoms with Gasteiger partial charge in [-0.25, -0.2) is 0 Å². The normalized spacial score (nSPS) is 18.1. The van der Waals surface area contributed by atoms with Gasteiger partial charge in [0.1, 0.15) is 6.04 Å². The molecular weight excluding hydrogens is 280 g/mol. The molecule has 0 radical (unpaired) electrons. The molecule has 0 aromatic carbocycles. The van der Waals surface area contributed by atoms with Crippen LogP contribution in [0.25, 0.3) is 0 Å². The molecule has 1 N–H and O–H groups in total. The lowest BCUT2D eigenvalue weighted by molar-refractivity contribution is -0.144. The van der Waals surface area contributed by atoms with Crippen LogP contribution in [0.15, 0.2) is 0 Å². The maximum atomic E-state index is 12.4. The largest absolute Gasteiger partial charge is 0.481 e. The van der Waals surface area contributed by atoms with E-state index in [1.165, 1.54) is 4.90 Å². The summed E-state index contributed by atoms with van der Waals surface area (Å²) in [5.41, 5.74) is 0. The fraction of sp³-hybridized carbons (Fsp3) is 0.769. The van der Waals surface area contributed by atoms with Gasteiger partial charge in [-0.2, -0.15) is 0 Å². The first kappa shape index (κ1) is 16.8. The monoisotopic (exact) mass is 302 g/mol. The van der Waals surface area contributed by atoms with Gasteiger partial charge >= 0.3 is 5.97 Å². The average Bonchev–Trinajstić information content (AvgIpc) is 2.88. The van der Waals surface area contributed by atoms with Crippen LogP contribution >= 0.6 is 11.8 Å². The Kier molecular flexibility index (Phi) is 6.84. The lowest BCUT2D eigenvalue weighted by atomic mass is 10.2. The summed E-state index contributed by atoms with van der Waals surface area (Å²) in [6, 6.07) is -0.437. The molecule has 7 heteroatoms. The van der Waals surface area contributed by atoms with Crippen LogP contribution < -0.4 is 0 Å². The predicted molar refractivity (Wildman–Crippen MR) is 77.4 cm³/mol. The Bertz CT molecular complexity index is 375. The van der Waals surface area contributed by atoms with Crippen molar-refractivity contribution < 1.29 is 19.5 Å². The van der Waals surface area contributed by atoms with Crippen LogP contribution in [-0.2, 0) is 14.4 Å². The lowest BCUT2D eigenvalue weighted by Gasteiger charge is -2.28. The summed E-state index contributed by atoms with van der Waals surface area (Å²) in [5.74, 6) is 0.0909. The molecule has 1 atom stereocenters. The molecule has 1 saturated heterocycles. The molecule has 1 unspecified atom stereocenters. The van der Waals surface area contributed by atoms with Gasteiger partial charge in [0, 0.05) is 25.3 Å². The zero-order chi connectivity index (χ0) is 15.1. The molecule has 20 heavy (non-hydrogen) atoms. The van der Waals surface area contributed by atoms with Crippen LogP contribution in [0, 0.1) is 0 Å². The number of carbonyl (C=O) groups excluding carboxylic acids is 2. The van der Waals surface area contributed by atoms with Crippen molar-refractivity contribution in [2.24, 2.45) is 0 Å². The summed E-state index contributed by atoms with van der Waals surface area (Å²) in [5, 5.41) is 8.71. The van der Waals surface area contributed by atoms with Crippen molar-refractivity contribution in [3.63, 3.8) is 0 Å². The summed E-state index contributed by atoms with van der Waals surface area (Å²) >= 11 is 1.57. The van der Waals surface area contributed by atoms with Crippen molar-refractivity contribution in [1.82, 2.24) is 9.80 Å². The zero-order valence-electron chi connectivity index (χ0n) is 12.0. The van der Waals surface area contributed by atoms with E-state index in [2.05, 4.69) is 0 Å². The van der Waals surface area contributed by atoms with Crippen LogP contribution in [0.1, 0.15) is 33.1 Å². The fourth-order valence-corrected chi connectivity index (χ4v) is 3.29. The minimum absolute atomic E-state index is 0.00476. The minimum Gasteiger partial charge on any atom is -0.481 e. The van der Waals surface area contributed by atoms with Crippen LogP contribution in [0.2, 0.25) is 0 Å². The second-order valence-corrected chi connectivity index (χ2v) is 5.69. The zero-order valence-corrected chi connectivity index (χ0v) is 12.8. The van der Waals surface area contributed by atoms with E-state index >= 15 is 0 Å². The van der Waals surface area contributed by atoms with E-state index in [1.54, 1.807) is 16.7 Å². The highest BCUT2D eigenvalue weighted by atomic mass is 32.2. The Hall–Kier alpha value is -1.24. The Morgan fingerprint density at radius 2 is 2.00 bits per heavy atom. The SMILES string of the molecule is CCCC(=O)N1CSCC1C(=O)N(CC)CCC(=O)O. The van der Waals surface area contributed by atoms with Crippen molar-refractivity contribution in [3.8, 4) is 0 Å². The molecular formula is C13H22N2O4S. The third-order valence-electron chi connectivity index (χ3n) is 3.24. The predicted octanol–water partition coefficient (Wildman–Crippen LogP) is 1.01. The molecule has 1 fully saturated rings. The van der Waals surface area contributed by atoms with Crippen molar-refractivity contribution in [3.05, 3.63) is 0 Å². The second kappa shape index (κ2) is 8.14. The van der Waals surface area contributed by atoms with Crippen LogP contribution in [0.3, 0.4) is 0 Å². The third kappa shape index (κ3) is 4.40. The van der Waals surface area contributed by atoms with Gasteiger partial charge in [-0.3, -0.25) is 14.4 Å². The van der Waals surface area contributed by atoms with Crippen molar-refractivity contribution in [1.29, 1.82) is 0 Å². The van der Waals surface area contributed by atoms with Gasteiger partial charge in [0.15, 0.2) is 0 Å². The molecule has 0 bridgehead atoms. The minimum atomic E-state index is -0.920. The number of thioether (sulfide) groups is 1. The smallest absolute Gasteiger partial charge is 0.305 e. The molecule has 0 spiro atoms. The highest BCUT2D eigenvalue weighted by Gasteiger charge is 2.36. The van der Waals surface area contributed by atoms with Gasteiger partial charge in [-0.15, -0.1) is 11.8 Å². The number of amides is 2. The average molecular weight is 302 g/mol. The Balaban J connectivity index is 2.67. The summed E-state index contributed by atoms with van der Waals surface area (Å²) in [7, 11) is 0. The number of nitrogens with zero attached hydrogens (tertiary/aromatic N) is 2. The summed E-state index contributed by atoms with van der Waals surface area (Å²) < 4.78 is 0. The van der Waals surface area contributed by atoms with Crippen LogP contribution in [-0.4, -0.2) is 63.5 Å². The molecule has 0 aliphatic carbocycles. The van der Waals surface area contributed by atoms with Crippen LogP contribution in [0.4, 0.5) is 0 Å². The molecule has 0 aromatic heterocycles. The molecule has 0 aromatic rings. The first-order valence-corrected chi connectivity index (χ1v) is 8.04. The van der Waals surface area contributed by atoms with Gasteiger partial charge in [0.2, 0.25) is 11.8 Å². The number of hydrogen-bond acceptors (Lipinski definition) is 4. The van der Waals surface area contributed by atoms with E-state index in [0.717, 1.165) is 6.42 Å². The maximum Gasteiger partial charge on any atom is 0.305 e. The van der Waals surface area contributed by atoms with E-state index in [4.69, 9.17) is 5.11 Å². The van der Waals surface area contributed by atoms with Crippen molar-refractivity contribution in [2.45, 2.75) is 39.2 Å². The first-order valence-electron chi connectivity index (χ1n) is 6.89. The second-order valence-electron chi connectivity index (χ2n) is 4.69. The standard InChI is InChI=1S/C13H22N2O4S/c1-3-5-11(16)15-9-20-8-10(15)13(19)14(4-2)7-6-12(17)18/h10H,3-9H2,1-2H3,(H,17,18). The molecule has 1 aliphatic heterocycles. The topological polar surface area (TPSA) is 77.9 Å². The molecule has 1 heterocycles. The molecule has 114 valence electrons. The van der Waals surface area contributed by atoms with Gasteiger partial charge in [0.25, 0.3) is 0 Å². The van der Waals surface area contributed by atoms with E-state index < -0.39 is 12.0 Å². The van der Waals surface area contributed by atoms with E-state index in [9.17, 15) is 14.4 Å². The van der Waals surface area contributed by atoms with E-state index in [0.29, 0.717) is 24.6 Å². The molecule has 0 saturated carbocycles. The Morgan fingerprint density at radius 1 is 1.30 bits per heavy atom. The van der Waals surface area contributed by atoms with Gasteiger partial charge < -0.3 is 14.9 Å². The quantitative estimate of drug-likeness (QED) is 0.759. The number of hydrogen-bond donors (Lipinski definition) is 1. The first-order chi connectivity index (χ1) is 9.51.